The highest BCUT2D eigenvalue weighted by Crippen LogP contribution is 2.35. The van der Waals surface area contributed by atoms with E-state index in [2.05, 4.69) is 9.97 Å². The topological polar surface area (TPSA) is 103 Å². The van der Waals surface area contributed by atoms with Gasteiger partial charge in [-0.3, -0.25) is 9.78 Å². The van der Waals surface area contributed by atoms with E-state index in [1.807, 2.05) is 0 Å². The van der Waals surface area contributed by atoms with Gasteiger partial charge in [0.25, 0.3) is 5.91 Å². The Kier molecular flexibility index (Phi) is 4.97. The summed E-state index contributed by atoms with van der Waals surface area (Å²) in [6, 6.07) is 10.9. The summed E-state index contributed by atoms with van der Waals surface area (Å²) in [5.74, 6) is -0.466. The minimum Gasteiger partial charge on any atom is -0.454 e. The molecule has 2 bridgehead atoms. The smallest absolute Gasteiger partial charge is 0.257 e. The van der Waals surface area contributed by atoms with Gasteiger partial charge in [-0.2, -0.15) is 0 Å². The van der Waals surface area contributed by atoms with Gasteiger partial charge >= 0.3 is 0 Å². The van der Waals surface area contributed by atoms with Crippen LogP contribution in [0.1, 0.15) is 16.8 Å². The first-order valence-corrected chi connectivity index (χ1v) is 12.9. The first-order chi connectivity index (χ1) is 16.8. The fraction of sp³-hybridized carbons (Fsp3) is 0.240. The number of rotatable bonds is 4. The number of morpholine rings is 1. The van der Waals surface area contributed by atoms with Crippen LogP contribution in [-0.2, 0) is 14.6 Å². The summed E-state index contributed by atoms with van der Waals surface area (Å²) in [6.45, 7) is 0.957. The summed E-state index contributed by atoms with van der Waals surface area (Å²) in [4.78, 5) is 23.2. The van der Waals surface area contributed by atoms with E-state index in [0.717, 1.165) is 12.7 Å². The van der Waals surface area contributed by atoms with Gasteiger partial charge in [0.05, 0.1) is 24.3 Å². The molecule has 0 spiro atoms. The average Bonchev–Trinajstić information content (AvgIpc) is 3.59. The maximum Gasteiger partial charge on any atom is 0.257 e. The van der Waals surface area contributed by atoms with Crippen molar-refractivity contribution < 1.29 is 26.8 Å². The molecule has 2 saturated heterocycles. The van der Waals surface area contributed by atoms with Crippen LogP contribution in [0, 0.1) is 5.82 Å². The Morgan fingerprint density at radius 2 is 1.94 bits per heavy atom. The number of hydrogen-bond acceptors (Lipinski definition) is 7. The Morgan fingerprint density at radius 1 is 1.11 bits per heavy atom. The van der Waals surface area contributed by atoms with Crippen LogP contribution in [0.4, 0.5) is 4.39 Å². The number of sulfone groups is 1. The number of fused-ring (bicyclic) bond motifs is 3. The molecule has 0 saturated carbocycles. The average molecular weight is 494 g/mol. The Balaban J connectivity index is 1.38. The number of nitrogens with zero attached hydrogens (tertiary/aromatic N) is 3. The Bertz CT molecular complexity index is 1580. The van der Waals surface area contributed by atoms with Crippen molar-refractivity contribution in [2.24, 2.45) is 0 Å². The molecule has 35 heavy (non-hydrogen) atoms. The summed E-state index contributed by atoms with van der Waals surface area (Å²) in [5, 5.41) is -0.0301. The van der Waals surface area contributed by atoms with E-state index in [9.17, 15) is 17.6 Å². The van der Waals surface area contributed by atoms with Crippen molar-refractivity contribution in [2.75, 3.05) is 19.4 Å². The van der Waals surface area contributed by atoms with Crippen molar-refractivity contribution in [1.29, 1.82) is 0 Å². The van der Waals surface area contributed by atoms with Gasteiger partial charge in [-0.05, 0) is 42.3 Å². The lowest BCUT2D eigenvalue weighted by atomic mass is 10.0. The molecular formula is C25H20FN3O5S. The highest BCUT2D eigenvalue weighted by molar-refractivity contribution is 7.90. The molecule has 5 heterocycles. The molecule has 4 aromatic rings. The molecule has 8 nitrogen and oxygen atoms in total. The van der Waals surface area contributed by atoms with E-state index in [1.54, 1.807) is 41.4 Å². The van der Waals surface area contributed by atoms with E-state index >= 15 is 0 Å². The molecule has 0 unspecified atom stereocenters. The second kappa shape index (κ2) is 7.96. The summed E-state index contributed by atoms with van der Waals surface area (Å²) in [6.07, 6.45) is 4.95. The van der Waals surface area contributed by atoms with E-state index in [-0.39, 0.29) is 28.6 Å². The number of carbonyl (C=O) groups is 1. The fourth-order valence-electron chi connectivity index (χ4n) is 4.71. The number of aromatic nitrogens is 2. The van der Waals surface area contributed by atoms with Crippen LogP contribution in [-0.4, -0.2) is 60.7 Å². The number of halogens is 1. The maximum atomic E-state index is 14.7. The number of amides is 1. The zero-order valence-electron chi connectivity index (χ0n) is 18.6. The van der Waals surface area contributed by atoms with Gasteiger partial charge in [0.15, 0.2) is 20.4 Å². The molecule has 178 valence electrons. The highest BCUT2D eigenvalue weighted by atomic mass is 32.2. The summed E-state index contributed by atoms with van der Waals surface area (Å²) < 4.78 is 49.7. The zero-order chi connectivity index (χ0) is 24.3. The number of likely N-dealkylation sites (tertiary alicyclic amines) is 1. The first kappa shape index (κ1) is 21.9. The molecule has 2 aliphatic heterocycles. The van der Waals surface area contributed by atoms with Crippen molar-refractivity contribution in [1.82, 2.24) is 14.9 Å². The van der Waals surface area contributed by atoms with Gasteiger partial charge in [0, 0.05) is 42.4 Å². The van der Waals surface area contributed by atoms with E-state index < -0.39 is 15.7 Å². The Hall–Kier alpha value is -3.63. The van der Waals surface area contributed by atoms with Crippen molar-refractivity contribution in [2.45, 2.75) is 23.6 Å². The lowest BCUT2D eigenvalue weighted by Gasteiger charge is -2.27. The second-order valence-electron chi connectivity index (χ2n) is 8.84. The van der Waals surface area contributed by atoms with Crippen LogP contribution in [0.5, 0.6) is 0 Å². The maximum absolute atomic E-state index is 14.7. The molecule has 2 aliphatic rings. The van der Waals surface area contributed by atoms with Crippen LogP contribution in [0.2, 0.25) is 0 Å². The van der Waals surface area contributed by atoms with Gasteiger partial charge < -0.3 is 14.1 Å². The van der Waals surface area contributed by atoms with E-state index in [1.165, 1.54) is 18.3 Å². The number of pyridine rings is 2. The fourth-order valence-corrected chi connectivity index (χ4v) is 5.27. The highest BCUT2D eigenvalue weighted by Gasteiger charge is 2.42. The largest absolute Gasteiger partial charge is 0.454 e. The quantitative estimate of drug-likeness (QED) is 0.427. The van der Waals surface area contributed by atoms with Crippen molar-refractivity contribution >= 4 is 26.8 Å². The molecular weight excluding hydrogens is 473 g/mol. The van der Waals surface area contributed by atoms with Crippen LogP contribution < -0.4 is 0 Å². The summed E-state index contributed by atoms with van der Waals surface area (Å²) >= 11 is 0. The minimum atomic E-state index is -3.42. The molecule has 0 aliphatic carbocycles. The van der Waals surface area contributed by atoms with E-state index in [4.69, 9.17) is 9.15 Å². The monoisotopic (exact) mass is 493 g/mol. The third-order valence-corrected chi connectivity index (χ3v) is 7.48. The Labute approximate surface area is 200 Å². The van der Waals surface area contributed by atoms with Gasteiger partial charge in [0.1, 0.15) is 17.1 Å². The molecule has 0 N–H and O–H groups in total. The van der Waals surface area contributed by atoms with Crippen molar-refractivity contribution in [3.05, 3.63) is 66.2 Å². The van der Waals surface area contributed by atoms with E-state index in [0.29, 0.717) is 46.7 Å². The van der Waals surface area contributed by atoms with Gasteiger partial charge in [-0.25, -0.2) is 17.8 Å². The zero-order valence-corrected chi connectivity index (χ0v) is 19.5. The minimum absolute atomic E-state index is 0.00681. The van der Waals surface area contributed by atoms with Gasteiger partial charge in [-0.15, -0.1) is 0 Å². The third kappa shape index (κ3) is 3.78. The predicted molar refractivity (Wildman–Crippen MR) is 125 cm³/mol. The second-order valence-corrected chi connectivity index (χ2v) is 10.8. The predicted octanol–water partition coefficient (Wildman–Crippen LogP) is 3.71. The SMILES string of the molecule is CS(=O)(=O)c1ccc(-c2cc3nccc(-c4ccc(F)c(C(=O)N5C[C@H]6C[C@@H]5CO6)c4)c3o2)cn1. The first-order valence-electron chi connectivity index (χ1n) is 11.1. The number of benzene rings is 1. The lowest BCUT2D eigenvalue weighted by Crippen LogP contribution is -2.41. The number of carbonyl (C=O) groups excluding carboxylic acids is 1. The standard InChI is InChI=1S/C25H20FN3O5S/c1-35(31,32)23-5-3-15(11-28-23)22-10-21-24(34-22)18(6-7-27-21)14-2-4-20(26)19(8-14)25(30)29-12-17-9-16(29)13-33-17/h2-8,10-11,16-17H,9,12-13H2,1H3/t16-,17-/m1/s1. The Morgan fingerprint density at radius 3 is 2.63 bits per heavy atom. The molecule has 3 aromatic heterocycles. The van der Waals surface area contributed by atoms with Crippen molar-refractivity contribution in [3.8, 4) is 22.5 Å². The van der Waals surface area contributed by atoms with Crippen molar-refractivity contribution in [3.63, 3.8) is 0 Å². The summed E-state index contributed by atoms with van der Waals surface area (Å²) in [5.41, 5.74) is 2.90. The number of furan rings is 1. The van der Waals surface area contributed by atoms with Gasteiger partial charge in [0.2, 0.25) is 0 Å². The van der Waals surface area contributed by atoms with Crippen LogP contribution in [0.25, 0.3) is 33.6 Å². The van der Waals surface area contributed by atoms with Crippen LogP contribution in [0.15, 0.2) is 64.3 Å². The van der Waals surface area contributed by atoms with Crippen LogP contribution in [0.3, 0.4) is 0 Å². The molecule has 10 heteroatoms. The number of hydrogen-bond donors (Lipinski definition) is 0. The molecule has 2 atom stereocenters. The van der Waals surface area contributed by atoms with Gasteiger partial charge in [-0.1, -0.05) is 6.07 Å². The third-order valence-electron chi connectivity index (χ3n) is 6.48. The number of ether oxygens (including phenoxy) is 1. The molecule has 1 amide bonds. The lowest BCUT2D eigenvalue weighted by molar-refractivity contribution is 0.0256. The normalized spacial score (nSPS) is 19.5. The summed E-state index contributed by atoms with van der Waals surface area (Å²) in [7, 11) is -3.42. The van der Waals surface area contributed by atoms with Crippen LogP contribution >= 0.6 is 0 Å². The molecule has 2 fully saturated rings. The molecule has 0 radical (unpaired) electrons. The molecule has 1 aromatic carbocycles. The molecule has 6 rings (SSSR count).